The topological polar surface area (TPSA) is 75.9 Å². The number of aromatic nitrogens is 4. The van der Waals surface area contributed by atoms with Crippen molar-refractivity contribution < 1.29 is 4.79 Å². The fraction of sp³-hybridized carbons (Fsp3) is 0.417. The average Bonchev–Trinajstić information content (AvgIpc) is 3.27. The van der Waals surface area contributed by atoms with Crippen LogP contribution in [0.1, 0.15) is 49.9 Å². The second-order valence-corrected chi connectivity index (χ2v) is 9.50. The summed E-state index contributed by atoms with van der Waals surface area (Å²) in [5.41, 5.74) is 4.28. The Kier molecular flexibility index (Phi) is 6.36. The van der Waals surface area contributed by atoms with Gasteiger partial charge in [0.1, 0.15) is 5.52 Å². The van der Waals surface area contributed by atoms with Crippen LogP contribution in [0.2, 0.25) is 10.0 Å². The van der Waals surface area contributed by atoms with Crippen molar-refractivity contribution in [2.45, 2.75) is 44.7 Å². The van der Waals surface area contributed by atoms with Gasteiger partial charge in [0, 0.05) is 23.1 Å². The Labute approximate surface area is 202 Å². The van der Waals surface area contributed by atoms with Gasteiger partial charge in [-0.15, -0.1) is 0 Å². The molecule has 1 N–H and O–H groups in total. The molecule has 0 saturated carbocycles. The average molecular weight is 485 g/mol. The second kappa shape index (κ2) is 9.41. The maximum atomic E-state index is 12.8. The zero-order valence-electron chi connectivity index (χ0n) is 18.5. The highest BCUT2D eigenvalue weighted by atomic mass is 35.5. The number of hydrogen-bond acceptors (Lipinski definition) is 5. The van der Waals surface area contributed by atoms with Crippen molar-refractivity contribution >= 4 is 45.8 Å². The Morgan fingerprint density at radius 1 is 1.24 bits per heavy atom. The van der Waals surface area contributed by atoms with Gasteiger partial charge in [-0.25, -0.2) is 14.6 Å². The second-order valence-electron chi connectivity index (χ2n) is 8.66. The van der Waals surface area contributed by atoms with Crippen LogP contribution >= 0.6 is 23.2 Å². The lowest BCUT2D eigenvalue weighted by molar-refractivity contribution is -0.133. The van der Waals surface area contributed by atoms with Gasteiger partial charge in [-0.05, 0) is 56.0 Å². The highest BCUT2D eigenvalue weighted by Crippen LogP contribution is 2.30. The van der Waals surface area contributed by atoms with E-state index in [-0.39, 0.29) is 18.0 Å². The molecule has 0 spiro atoms. The fourth-order valence-corrected chi connectivity index (χ4v) is 5.18. The lowest BCUT2D eigenvalue weighted by Gasteiger charge is -2.32. The van der Waals surface area contributed by atoms with E-state index in [1.807, 2.05) is 28.6 Å². The zero-order chi connectivity index (χ0) is 22.9. The normalized spacial score (nSPS) is 20.0. The van der Waals surface area contributed by atoms with Gasteiger partial charge in [-0.2, -0.15) is 5.10 Å². The summed E-state index contributed by atoms with van der Waals surface area (Å²) in [6.45, 7) is 4.24. The molecule has 172 valence electrons. The summed E-state index contributed by atoms with van der Waals surface area (Å²) in [4.78, 5) is 24.2. The van der Waals surface area contributed by atoms with Crippen LogP contribution in [-0.2, 0) is 4.79 Å². The third-order valence-electron chi connectivity index (χ3n) is 6.54. The van der Waals surface area contributed by atoms with Gasteiger partial charge < -0.3 is 10.2 Å². The van der Waals surface area contributed by atoms with Gasteiger partial charge in [-0.1, -0.05) is 41.8 Å². The summed E-state index contributed by atoms with van der Waals surface area (Å²) >= 11 is 12.5. The zero-order valence-corrected chi connectivity index (χ0v) is 20.0. The summed E-state index contributed by atoms with van der Waals surface area (Å²) in [5.74, 6) is 0.207. The van der Waals surface area contributed by atoms with E-state index in [0.717, 1.165) is 54.6 Å². The summed E-state index contributed by atoms with van der Waals surface area (Å²) in [7, 11) is 0. The molecule has 2 aliphatic rings. The highest BCUT2D eigenvalue weighted by Gasteiger charge is 2.27. The molecule has 2 unspecified atom stereocenters. The molecular formula is C24H26Cl2N6O. The lowest BCUT2D eigenvalue weighted by Crippen LogP contribution is -2.49. The molecule has 0 radical (unpaired) electrons. The Morgan fingerprint density at radius 2 is 2.12 bits per heavy atom. The van der Waals surface area contributed by atoms with Gasteiger partial charge >= 0.3 is 0 Å². The van der Waals surface area contributed by atoms with Crippen LogP contribution in [0, 0.1) is 0 Å². The van der Waals surface area contributed by atoms with Crippen LogP contribution in [0.5, 0.6) is 0 Å². The number of nitrogens with zero attached hydrogens (tertiary/aromatic N) is 5. The number of nitrogens with one attached hydrogen (secondary N) is 1. The third-order valence-corrected chi connectivity index (χ3v) is 7.10. The van der Waals surface area contributed by atoms with Gasteiger partial charge in [0.25, 0.3) is 0 Å². The molecule has 1 aromatic carbocycles. The van der Waals surface area contributed by atoms with Crippen LogP contribution in [0.15, 0.2) is 36.7 Å². The Bertz CT molecular complexity index is 1220. The molecule has 9 heteroatoms. The summed E-state index contributed by atoms with van der Waals surface area (Å²) in [6.07, 6.45) is 9.55. The lowest BCUT2D eigenvalue weighted by atomic mass is 10.0. The fourth-order valence-electron chi connectivity index (χ4n) is 4.62. The first-order valence-corrected chi connectivity index (χ1v) is 12.1. The maximum absolute atomic E-state index is 12.8. The van der Waals surface area contributed by atoms with Crippen molar-refractivity contribution in [3.8, 4) is 0 Å². The molecule has 4 heterocycles. The molecule has 3 aromatic rings. The number of fused-ring (bicyclic) bond motifs is 1. The molecule has 33 heavy (non-hydrogen) atoms. The minimum Gasteiger partial charge on any atom is -0.337 e. The smallest absolute Gasteiger partial charge is 0.239 e. The van der Waals surface area contributed by atoms with Crippen LogP contribution in [-0.4, -0.2) is 56.2 Å². The van der Waals surface area contributed by atoms with Gasteiger partial charge in [0.2, 0.25) is 5.91 Å². The van der Waals surface area contributed by atoms with Crippen LogP contribution in [0.4, 0.5) is 0 Å². The Hall–Kier alpha value is -2.48. The summed E-state index contributed by atoms with van der Waals surface area (Å²) < 4.78 is 1.84. The highest BCUT2D eigenvalue weighted by molar-refractivity contribution is 6.35. The van der Waals surface area contributed by atoms with Gasteiger partial charge in [0.05, 0.1) is 30.2 Å². The molecule has 1 amide bonds. The molecular weight excluding hydrogens is 459 g/mol. The molecule has 7 nitrogen and oxygen atoms in total. The monoisotopic (exact) mass is 484 g/mol. The van der Waals surface area contributed by atoms with E-state index in [4.69, 9.17) is 28.2 Å². The van der Waals surface area contributed by atoms with Crippen molar-refractivity contribution in [2.75, 3.05) is 19.6 Å². The first-order valence-electron chi connectivity index (χ1n) is 11.4. The number of halogens is 2. The van der Waals surface area contributed by atoms with E-state index in [9.17, 15) is 4.79 Å². The summed E-state index contributed by atoms with van der Waals surface area (Å²) in [5, 5.41) is 9.07. The SMILES string of the molecule is CC(c1ccc(Cl)cc1Cl)n1ncc2ncc(C3=CCN(C(=O)C4CCCCN4)CC3)nc21. The largest absolute Gasteiger partial charge is 0.337 e. The molecule has 2 aromatic heterocycles. The van der Waals surface area contributed by atoms with Crippen LogP contribution < -0.4 is 5.32 Å². The maximum Gasteiger partial charge on any atom is 0.239 e. The molecule has 0 aliphatic carbocycles. The standard InChI is InChI=1S/C24H26Cl2N6O/c1-15(18-6-5-17(25)12-19(18)26)32-23-22(14-29-32)28-13-21(30-23)16-7-10-31(11-8-16)24(33)20-4-2-3-9-27-20/h5-7,12-15,20,27H,2-4,8-11H2,1H3. The van der Waals surface area contributed by atoms with E-state index >= 15 is 0 Å². The van der Waals surface area contributed by atoms with E-state index in [1.165, 1.54) is 0 Å². The minimum atomic E-state index is -0.131. The van der Waals surface area contributed by atoms with Crippen molar-refractivity contribution in [3.05, 3.63) is 58.0 Å². The Morgan fingerprint density at radius 3 is 2.85 bits per heavy atom. The minimum absolute atomic E-state index is 0.0413. The number of benzene rings is 1. The summed E-state index contributed by atoms with van der Waals surface area (Å²) in [6, 6.07) is 5.30. The van der Waals surface area contributed by atoms with Gasteiger partial charge in [0.15, 0.2) is 5.65 Å². The number of rotatable bonds is 4. The van der Waals surface area contributed by atoms with Crippen molar-refractivity contribution in [3.63, 3.8) is 0 Å². The van der Waals surface area contributed by atoms with Crippen molar-refractivity contribution in [1.29, 1.82) is 0 Å². The Balaban J connectivity index is 1.37. The number of hydrogen-bond donors (Lipinski definition) is 1. The van der Waals surface area contributed by atoms with E-state index in [2.05, 4.69) is 21.5 Å². The van der Waals surface area contributed by atoms with Crippen molar-refractivity contribution in [1.82, 2.24) is 30.0 Å². The predicted molar refractivity (Wildman–Crippen MR) is 130 cm³/mol. The molecule has 0 bridgehead atoms. The third kappa shape index (κ3) is 4.50. The predicted octanol–water partition coefficient (Wildman–Crippen LogP) is 4.50. The molecule has 1 saturated heterocycles. The van der Waals surface area contributed by atoms with E-state index in [1.54, 1.807) is 18.5 Å². The first-order chi connectivity index (χ1) is 16.0. The molecule has 5 rings (SSSR count). The number of carbonyl (C=O) groups excluding carboxylic acids is 1. The molecule has 2 aliphatic heterocycles. The number of carbonyl (C=O) groups is 1. The first kappa shape index (κ1) is 22.3. The number of piperidine rings is 1. The molecule has 2 atom stereocenters. The van der Waals surface area contributed by atoms with Crippen LogP contribution in [0.25, 0.3) is 16.7 Å². The number of amides is 1. The van der Waals surface area contributed by atoms with Crippen molar-refractivity contribution in [2.24, 2.45) is 0 Å². The van der Waals surface area contributed by atoms with E-state index < -0.39 is 0 Å². The molecule has 1 fully saturated rings. The van der Waals surface area contributed by atoms with E-state index in [0.29, 0.717) is 28.8 Å². The van der Waals surface area contributed by atoms with Crippen LogP contribution in [0.3, 0.4) is 0 Å². The quantitative estimate of drug-likeness (QED) is 0.589. The van der Waals surface area contributed by atoms with Gasteiger partial charge in [-0.3, -0.25) is 4.79 Å².